The van der Waals surface area contributed by atoms with Gasteiger partial charge in [0.25, 0.3) is 0 Å². The summed E-state index contributed by atoms with van der Waals surface area (Å²) in [5.74, 6) is 0.799. The number of rotatable bonds is 5. The van der Waals surface area contributed by atoms with Crippen molar-refractivity contribution in [1.82, 2.24) is 14.5 Å². The third-order valence-electron chi connectivity index (χ3n) is 10.0. The first-order valence-electron chi connectivity index (χ1n) is 17.8. The zero-order chi connectivity index (χ0) is 34.6. The molecule has 0 spiro atoms. The number of fused-ring (bicyclic) bond motifs is 5. The van der Waals surface area contributed by atoms with Gasteiger partial charge >= 0.3 is 0 Å². The van der Waals surface area contributed by atoms with Crippen LogP contribution in [-0.2, 0) is 0 Å². The van der Waals surface area contributed by atoms with Crippen LogP contribution in [-0.4, -0.2) is 14.5 Å². The molecule has 51 heavy (non-hydrogen) atoms. The van der Waals surface area contributed by atoms with E-state index in [-0.39, 0.29) is 6.17 Å². The summed E-state index contributed by atoms with van der Waals surface area (Å²) in [7, 11) is 0. The number of pyridine rings is 2. The Morgan fingerprint density at radius 3 is 1.57 bits per heavy atom. The van der Waals surface area contributed by atoms with Crippen molar-refractivity contribution in [3.8, 4) is 50.5 Å². The number of benzene rings is 7. The van der Waals surface area contributed by atoms with Gasteiger partial charge < -0.3 is 0 Å². The molecule has 0 amide bonds. The van der Waals surface area contributed by atoms with Gasteiger partial charge in [0.15, 0.2) is 0 Å². The SMILES string of the molecule is [2H]c1nccc2c1c1cc(-c3ccccc3)ccc1n2-c1cccc(-c2ccc(-c3c4ccccc4c(-c4ccccc4)c4ccccc34)cc2)n1. The fourth-order valence-corrected chi connectivity index (χ4v) is 7.72. The molecule has 10 rings (SSSR count). The van der Waals surface area contributed by atoms with Gasteiger partial charge in [-0.05, 0) is 85.3 Å². The predicted octanol–water partition coefficient (Wildman–Crippen LogP) is 12.5. The summed E-state index contributed by atoms with van der Waals surface area (Å²) >= 11 is 0. The van der Waals surface area contributed by atoms with Crippen LogP contribution < -0.4 is 0 Å². The first kappa shape index (κ1) is 28.0. The largest absolute Gasteiger partial charge is 0.294 e. The van der Waals surface area contributed by atoms with Crippen molar-refractivity contribution in [2.75, 3.05) is 0 Å². The highest BCUT2D eigenvalue weighted by atomic mass is 15.1. The molecule has 0 aliphatic heterocycles. The summed E-state index contributed by atoms with van der Waals surface area (Å²) in [6.45, 7) is 0. The number of hydrogen-bond acceptors (Lipinski definition) is 2. The van der Waals surface area contributed by atoms with Crippen LogP contribution in [0, 0.1) is 0 Å². The average molecular weight is 651 g/mol. The highest BCUT2D eigenvalue weighted by molar-refractivity contribution is 6.21. The standard InChI is InChI=1S/C48H31N3/c1-3-12-32(13-4-1)36-26-27-44-41(30-36)42-31-49-29-28-45(42)51(44)46-21-11-20-43(50-46)33-22-24-35(25-23-33)48-39-18-9-7-16-37(39)47(34-14-5-2-6-15-34)38-17-8-10-19-40(38)48/h1-31H/i31D. The summed E-state index contributed by atoms with van der Waals surface area (Å²) in [5, 5.41) is 6.77. The maximum atomic E-state index is 8.78. The van der Waals surface area contributed by atoms with Gasteiger partial charge in [-0.1, -0.05) is 146 Å². The number of aromatic nitrogens is 3. The molecule has 0 saturated carbocycles. The molecule has 0 saturated heterocycles. The molecule has 3 heteroatoms. The third kappa shape index (κ3) is 4.82. The summed E-state index contributed by atoms with van der Waals surface area (Å²) < 4.78 is 10.9. The van der Waals surface area contributed by atoms with E-state index >= 15 is 0 Å². The van der Waals surface area contributed by atoms with Gasteiger partial charge in [-0.15, -0.1) is 0 Å². The van der Waals surface area contributed by atoms with Crippen LogP contribution in [0.15, 0.2) is 188 Å². The second kappa shape index (κ2) is 11.9. The molecule has 238 valence electrons. The van der Waals surface area contributed by atoms with Crippen molar-refractivity contribution < 1.29 is 1.37 Å². The van der Waals surface area contributed by atoms with E-state index in [1.807, 2.05) is 30.3 Å². The van der Waals surface area contributed by atoms with E-state index in [0.29, 0.717) is 0 Å². The highest BCUT2D eigenvalue weighted by Gasteiger charge is 2.18. The lowest BCUT2D eigenvalue weighted by atomic mass is 9.86. The Balaban J connectivity index is 1.09. The normalized spacial score (nSPS) is 11.8. The Morgan fingerprint density at radius 1 is 0.392 bits per heavy atom. The van der Waals surface area contributed by atoms with Crippen LogP contribution in [0.3, 0.4) is 0 Å². The Hall–Kier alpha value is -6.84. The van der Waals surface area contributed by atoms with E-state index in [4.69, 9.17) is 6.35 Å². The Morgan fingerprint density at radius 2 is 0.922 bits per heavy atom. The van der Waals surface area contributed by atoms with E-state index in [1.54, 1.807) is 6.20 Å². The minimum Gasteiger partial charge on any atom is -0.294 e. The maximum Gasteiger partial charge on any atom is 0.138 e. The molecule has 0 radical (unpaired) electrons. The van der Waals surface area contributed by atoms with Crippen LogP contribution in [0.1, 0.15) is 1.37 Å². The van der Waals surface area contributed by atoms with E-state index in [9.17, 15) is 0 Å². The Kier molecular flexibility index (Phi) is 6.56. The zero-order valence-electron chi connectivity index (χ0n) is 28.7. The molecule has 0 atom stereocenters. The van der Waals surface area contributed by atoms with Crippen molar-refractivity contribution >= 4 is 43.4 Å². The molecule has 0 fully saturated rings. The van der Waals surface area contributed by atoms with E-state index in [2.05, 4.69) is 155 Å². The molecule has 3 heterocycles. The van der Waals surface area contributed by atoms with Crippen molar-refractivity contribution in [3.05, 3.63) is 188 Å². The van der Waals surface area contributed by atoms with Crippen LogP contribution in [0.2, 0.25) is 0 Å². The lowest BCUT2D eigenvalue weighted by Gasteiger charge is -2.18. The van der Waals surface area contributed by atoms with Gasteiger partial charge in [0.05, 0.1) is 18.1 Å². The molecule has 0 bridgehead atoms. The lowest BCUT2D eigenvalue weighted by molar-refractivity contribution is 1.08. The fourth-order valence-electron chi connectivity index (χ4n) is 7.72. The molecular formula is C48H31N3. The smallest absolute Gasteiger partial charge is 0.138 e. The molecule has 0 aliphatic carbocycles. The van der Waals surface area contributed by atoms with Crippen molar-refractivity contribution in [1.29, 1.82) is 0 Å². The summed E-state index contributed by atoms with van der Waals surface area (Å²) in [6, 6.07) is 62.0. The molecular weight excluding hydrogens is 619 g/mol. The first-order valence-corrected chi connectivity index (χ1v) is 17.3. The van der Waals surface area contributed by atoms with Gasteiger partial charge in [0, 0.05) is 28.7 Å². The third-order valence-corrected chi connectivity index (χ3v) is 10.0. The van der Waals surface area contributed by atoms with Gasteiger partial charge in [0.1, 0.15) is 5.82 Å². The van der Waals surface area contributed by atoms with Crippen molar-refractivity contribution in [2.45, 2.75) is 0 Å². The minimum atomic E-state index is 0.259. The van der Waals surface area contributed by atoms with Crippen LogP contribution in [0.4, 0.5) is 0 Å². The first-order chi connectivity index (χ1) is 25.7. The van der Waals surface area contributed by atoms with Crippen molar-refractivity contribution in [3.63, 3.8) is 0 Å². The molecule has 0 aliphatic rings. The van der Waals surface area contributed by atoms with E-state index < -0.39 is 0 Å². The zero-order valence-corrected chi connectivity index (χ0v) is 27.7. The molecule has 3 aromatic heterocycles. The van der Waals surface area contributed by atoms with Crippen LogP contribution in [0.5, 0.6) is 0 Å². The topological polar surface area (TPSA) is 30.7 Å². The maximum absolute atomic E-state index is 8.78. The summed E-state index contributed by atoms with van der Waals surface area (Å²) in [6.07, 6.45) is 1.97. The number of hydrogen-bond donors (Lipinski definition) is 0. The van der Waals surface area contributed by atoms with Gasteiger partial charge in [0.2, 0.25) is 0 Å². The Labute approximate surface area is 297 Å². The predicted molar refractivity (Wildman–Crippen MR) is 213 cm³/mol. The van der Waals surface area contributed by atoms with E-state index in [0.717, 1.165) is 50.0 Å². The molecule has 0 N–H and O–H groups in total. The second-order valence-electron chi connectivity index (χ2n) is 12.9. The minimum absolute atomic E-state index is 0.259. The average Bonchev–Trinajstić information content (AvgIpc) is 3.55. The Bertz CT molecular complexity index is 2890. The summed E-state index contributed by atoms with van der Waals surface area (Å²) in [5.41, 5.74) is 11.0. The lowest BCUT2D eigenvalue weighted by Crippen LogP contribution is -1.98. The molecule has 10 aromatic rings. The summed E-state index contributed by atoms with van der Waals surface area (Å²) in [4.78, 5) is 9.58. The van der Waals surface area contributed by atoms with E-state index in [1.165, 1.54) is 43.8 Å². The number of nitrogens with zero attached hydrogens (tertiary/aromatic N) is 3. The van der Waals surface area contributed by atoms with Crippen molar-refractivity contribution in [2.24, 2.45) is 0 Å². The monoisotopic (exact) mass is 650 g/mol. The van der Waals surface area contributed by atoms with Gasteiger partial charge in [-0.25, -0.2) is 4.98 Å². The van der Waals surface area contributed by atoms with Crippen LogP contribution >= 0.6 is 0 Å². The highest BCUT2D eigenvalue weighted by Crippen LogP contribution is 2.44. The van der Waals surface area contributed by atoms with Crippen LogP contribution in [0.25, 0.3) is 93.8 Å². The quantitative estimate of drug-likeness (QED) is 0.174. The second-order valence-corrected chi connectivity index (χ2v) is 12.9. The molecule has 0 unspecified atom stereocenters. The van der Waals surface area contributed by atoms with Gasteiger partial charge in [-0.2, -0.15) is 0 Å². The van der Waals surface area contributed by atoms with Gasteiger partial charge in [-0.3, -0.25) is 9.55 Å². The molecule has 7 aromatic carbocycles. The fraction of sp³-hybridized carbons (Fsp3) is 0. The molecule has 3 nitrogen and oxygen atoms in total.